The molecule has 0 saturated heterocycles. The summed E-state index contributed by atoms with van der Waals surface area (Å²) in [6.45, 7) is 1.89. The van der Waals surface area contributed by atoms with Crippen LogP contribution in [0.25, 0.3) is 5.69 Å². The first-order chi connectivity index (χ1) is 10.6. The number of amides is 2. The van der Waals surface area contributed by atoms with Crippen molar-refractivity contribution in [1.29, 1.82) is 0 Å². The lowest BCUT2D eigenvalue weighted by Crippen LogP contribution is -2.20. The van der Waals surface area contributed by atoms with E-state index in [0.29, 0.717) is 11.5 Å². The van der Waals surface area contributed by atoms with E-state index in [2.05, 4.69) is 20.8 Å². The number of hydrogen-bond acceptors (Lipinski definition) is 3. The molecule has 112 valence electrons. The van der Waals surface area contributed by atoms with E-state index in [1.165, 1.54) is 0 Å². The number of carbonyl (C=O) groups excluding carboxylic acids is 1. The molecule has 0 bridgehead atoms. The van der Waals surface area contributed by atoms with Crippen LogP contribution in [0.3, 0.4) is 0 Å². The summed E-state index contributed by atoms with van der Waals surface area (Å²) in [5.74, 6) is 0.519. The lowest BCUT2D eigenvalue weighted by Gasteiger charge is -2.04. The molecule has 0 fully saturated rings. The number of carbonyl (C=O) groups is 1. The molecule has 0 spiro atoms. The van der Waals surface area contributed by atoms with Gasteiger partial charge in [0.2, 0.25) is 0 Å². The van der Waals surface area contributed by atoms with Gasteiger partial charge >= 0.3 is 6.03 Å². The maximum atomic E-state index is 12.0. The molecule has 2 aromatic heterocycles. The number of rotatable bonds is 3. The zero-order valence-corrected chi connectivity index (χ0v) is 12.3. The summed E-state index contributed by atoms with van der Waals surface area (Å²) >= 11 is 0. The second-order valence-corrected chi connectivity index (χ2v) is 4.92. The molecule has 0 aliphatic carbocycles. The van der Waals surface area contributed by atoms with Crippen LogP contribution in [-0.4, -0.2) is 25.6 Å². The summed E-state index contributed by atoms with van der Waals surface area (Å²) < 4.78 is 3.35. The number of aryl methyl sites for hydroxylation is 2. The minimum atomic E-state index is -0.352. The predicted octanol–water partition coefficient (Wildman–Crippen LogP) is 2.56. The summed E-state index contributed by atoms with van der Waals surface area (Å²) in [7, 11) is 1.79. The molecule has 1 aromatic carbocycles. The van der Waals surface area contributed by atoms with Crippen molar-refractivity contribution >= 4 is 17.5 Å². The average molecular weight is 296 g/mol. The molecule has 2 heterocycles. The molecule has 0 atom stereocenters. The molecule has 22 heavy (non-hydrogen) atoms. The average Bonchev–Trinajstić information content (AvgIpc) is 3.07. The fraction of sp³-hybridized carbons (Fsp3) is 0.133. The van der Waals surface area contributed by atoms with Crippen LogP contribution in [-0.2, 0) is 7.05 Å². The van der Waals surface area contributed by atoms with E-state index < -0.39 is 0 Å². The van der Waals surface area contributed by atoms with Gasteiger partial charge in [0.25, 0.3) is 0 Å². The molecule has 3 rings (SSSR count). The minimum absolute atomic E-state index is 0.352. The first kappa shape index (κ1) is 13.9. The highest BCUT2D eigenvalue weighted by atomic mass is 16.2. The molecule has 0 aliphatic rings. The molecule has 0 unspecified atom stereocenters. The third kappa shape index (κ3) is 2.98. The van der Waals surface area contributed by atoms with Gasteiger partial charge in [-0.15, -0.1) is 5.10 Å². The van der Waals surface area contributed by atoms with Crippen LogP contribution in [0, 0.1) is 6.92 Å². The topological polar surface area (TPSA) is 76.8 Å². The van der Waals surface area contributed by atoms with Crippen molar-refractivity contribution < 1.29 is 4.79 Å². The summed E-state index contributed by atoms with van der Waals surface area (Å²) in [5, 5.41) is 13.8. The Morgan fingerprint density at radius 1 is 1.14 bits per heavy atom. The Kier molecular flexibility index (Phi) is 3.61. The molecule has 2 N–H and O–H groups in total. The van der Waals surface area contributed by atoms with E-state index in [1.54, 1.807) is 28.8 Å². The Labute approximate surface area is 127 Å². The van der Waals surface area contributed by atoms with E-state index in [4.69, 9.17) is 0 Å². The standard InChI is InChI=1S/C15H16N6O/c1-11-9-21(13-6-4-3-5-7-13)19-14(11)18-15(22)17-12-8-16-20(2)10-12/h3-10H,1-2H3,(H2,17,18,19,22). The van der Waals surface area contributed by atoms with Crippen molar-refractivity contribution in [3.8, 4) is 5.69 Å². The molecule has 7 nitrogen and oxygen atoms in total. The van der Waals surface area contributed by atoms with Crippen molar-refractivity contribution in [1.82, 2.24) is 19.6 Å². The highest BCUT2D eigenvalue weighted by Gasteiger charge is 2.10. The highest BCUT2D eigenvalue weighted by molar-refractivity contribution is 5.99. The van der Waals surface area contributed by atoms with Crippen molar-refractivity contribution in [2.24, 2.45) is 7.05 Å². The number of aromatic nitrogens is 4. The Morgan fingerprint density at radius 3 is 2.59 bits per heavy atom. The van der Waals surface area contributed by atoms with Gasteiger partial charge in [-0.2, -0.15) is 5.10 Å². The van der Waals surface area contributed by atoms with Crippen molar-refractivity contribution in [3.63, 3.8) is 0 Å². The van der Waals surface area contributed by atoms with Gasteiger partial charge in [-0.3, -0.25) is 10.00 Å². The van der Waals surface area contributed by atoms with Gasteiger partial charge < -0.3 is 5.32 Å². The lowest BCUT2D eigenvalue weighted by atomic mass is 10.3. The quantitative estimate of drug-likeness (QED) is 0.780. The van der Waals surface area contributed by atoms with Crippen LogP contribution in [0.4, 0.5) is 16.3 Å². The molecule has 0 aliphatic heterocycles. The number of anilines is 2. The predicted molar refractivity (Wildman–Crippen MR) is 84.2 cm³/mol. The van der Waals surface area contributed by atoms with Gasteiger partial charge in [-0.25, -0.2) is 9.48 Å². The van der Waals surface area contributed by atoms with Crippen molar-refractivity contribution in [2.45, 2.75) is 6.92 Å². The lowest BCUT2D eigenvalue weighted by molar-refractivity contribution is 0.262. The van der Waals surface area contributed by atoms with Gasteiger partial charge in [0.1, 0.15) is 0 Å². The first-order valence-corrected chi connectivity index (χ1v) is 6.80. The zero-order valence-electron chi connectivity index (χ0n) is 12.3. The van der Waals surface area contributed by atoms with E-state index in [1.807, 2.05) is 43.5 Å². The maximum Gasteiger partial charge on any atom is 0.324 e. The smallest absolute Gasteiger partial charge is 0.305 e. The van der Waals surface area contributed by atoms with Gasteiger partial charge in [0.15, 0.2) is 5.82 Å². The number of hydrogen-bond donors (Lipinski definition) is 2. The van der Waals surface area contributed by atoms with Crippen molar-refractivity contribution in [2.75, 3.05) is 10.6 Å². The molecule has 2 amide bonds. The molecule has 0 saturated carbocycles. The zero-order chi connectivity index (χ0) is 15.5. The Morgan fingerprint density at radius 2 is 1.91 bits per heavy atom. The maximum absolute atomic E-state index is 12.0. The normalized spacial score (nSPS) is 10.5. The number of nitrogens with zero attached hydrogens (tertiary/aromatic N) is 4. The van der Waals surface area contributed by atoms with E-state index in [-0.39, 0.29) is 6.03 Å². The highest BCUT2D eigenvalue weighted by Crippen LogP contribution is 2.16. The van der Waals surface area contributed by atoms with E-state index in [0.717, 1.165) is 11.3 Å². The Bertz CT molecular complexity index is 789. The fourth-order valence-corrected chi connectivity index (χ4v) is 2.05. The van der Waals surface area contributed by atoms with Gasteiger partial charge in [-0.05, 0) is 19.1 Å². The molecule has 0 radical (unpaired) electrons. The fourth-order valence-electron chi connectivity index (χ4n) is 2.05. The molecule has 7 heteroatoms. The van der Waals surface area contributed by atoms with Crippen LogP contribution >= 0.6 is 0 Å². The van der Waals surface area contributed by atoms with Crippen molar-refractivity contribution in [3.05, 3.63) is 54.5 Å². The van der Waals surface area contributed by atoms with Crippen LogP contribution in [0.2, 0.25) is 0 Å². The monoisotopic (exact) mass is 296 g/mol. The third-order valence-electron chi connectivity index (χ3n) is 3.11. The summed E-state index contributed by atoms with van der Waals surface area (Å²) in [5.41, 5.74) is 2.44. The molecular weight excluding hydrogens is 280 g/mol. The Balaban J connectivity index is 1.73. The summed E-state index contributed by atoms with van der Waals surface area (Å²) in [4.78, 5) is 12.0. The molecular formula is C15H16N6O. The second-order valence-electron chi connectivity index (χ2n) is 4.92. The summed E-state index contributed by atoms with van der Waals surface area (Å²) in [6, 6.07) is 9.37. The summed E-state index contributed by atoms with van der Waals surface area (Å²) in [6.07, 6.45) is 5.17. The first-order valence-electron chi connectivity index (χ1n) is 6.80. The van der Waals surface area contributed by atoms with Crippen LogP contribution in [0.1, 0.15) is 5.56 Å². The largest absolute Gasteiger partial charge is 0.324 e. The van der Waals surface area contributed by atoms with E-state index >= 15 is 0 Å². The van der Waals surface area contributed by atoms with Gasteiger partial charge in [0.05, 0.1) is 17.6 Å². The Hall–Kier alpha value is -3.09. The second kappa shape index (κ2) is 5.72. The van der Waals surface area contributed by atoms with Crippen LogP contribution in [0.15, 0.2) is 48.9 Å². The van der Waals surface area contributed by atoms with Gasteiger partial charge in [0, 0.05) is 25.0 Å². The number of nitrogens with one attached hydrogen (secondary N) is 2. The number of urea groups is 1. The third-order valence-corrected chi connectivity index (χ3v) is 3.11. The minimum Gasteiger partial charge on any atom is -0.305 e. The SMILES string of the molecule is Cc1cn(-c2ccccc2)nc1NC(=O)Nc1cnn(C)c1. The van der Waals surface area contributed by atoms with Crippen LogP contribution in [0.5, 0.6) is 0 Å². The molecule has 3 aromatic rings. The van der Waals surface area contributed by atoms with Gasteiger partial charge in [-0.1, -0.05) is 18.2 Å². The van der Waals surface area contributed by atoms with Crippen LogP contribution < -0.4 is 10.6 Å². The number of benzene rings is 1. The number of para-hydroxylation sites is 1. The van der Waals surface area contributed by atoms with E-state index in [9.17, 15) is 4.79 Å².